The highest BCUT2D eigenvalue weighted by Gasteiger charge is 2.30. The molecular formula is C20H12ClF3N4. The Labute approximate surface area is 163 Å². The Kier molecular flexibility index (Phi) is 4.60. The summed E-state index contributed by atoms with van der Waals surface area (Å²) in [5.41, 5.74) is 1.76. The SMILES string of the molecule is FC(F)(F)c1ccc(Nc2ncnc(-c3ccc4cccnc4c3)c2Cl)cc1. The van der Waals surface area contributed by atoms with Crippen molar-refractivity contribution in [2.75, 3.05) is 5.32 Å². The summed E-state index contributed by atoms with van der Waals surface area (Å²) >= 11 is 6.46. The van der Waals surface area contributed by atoms with Gasteiger partial charge in [-0.2, -0.15) is 13.2 Å². The van der Waals surface area contributed by atoms with E-state index in [1.807, 2.05) is 30.3 Å². The van der Waals surface area contributed by atoms with Gasteiger partial charge in [-0.25, -0.2) is 9.97 Å². The quantitative estimate of drug-likeness (QED) is 0.451. The van der Waals surface area contributed by atoms with Crippen molar-refractivity contribution in [2.24, 2.45) is 0 Å². The van der Waals surface area contributed by atoms with Gasteiger partial charge in [0.05, 0.1) is 16.8 Å². The van der Waals surface area contributed by atoms with E-state index < -0.39 is 11.7 Å². The number of fused-ring (bicyclic) bond motifs is 1. The Bertz CT molecular complexity index is 1140. The number of rotatable bonds is 3. The van der Waals surface area contributed by atoms with Crippen LogP contribution in [0.25, 0.3) is 22.2 Å². The first kappa shape index (κ1) is 18.2. The van der Waals surface area contributed by atoms with Crippen LogP contribution in [0.4, 0.5) is 24.7 Å². The molecule has 140 valence electrons. The molecule has 0 radical (unpaired) electrons. The largest absolute Gasteiger partial charge is 0.416 e. The molecule has 0 aliphatic rings. The number of nitrogens with one attached hydrogen (secondary N) is 1. The molecule has 0 atom stereocenters. The topological polar surface area (TPSA) is 50.7 Å². The van der Waals surface area contributed by atoms with Crippen molar-refractivity contribution < 1.29 is 13.2 Å². The van der Waals surface area contributed by atoms with Gasteiger partial charge in [0, 0.05) is 22.8 Å². The lowest BCUT2D eigenvalue weighted by Gasteiger charge is -2.12. The highest BCUT2D eigenvalue weighted by atomic mass is 35.5. The van der Waals surface area contributed by atoms with Crippen LogP contribution in [-0.4, -0.2) is 15.0 Å². The van der Waals surface area contributed by atoms with E-state index in [0.29, 0.717) is 17.2 Å². The van der Waals surface area contributed by atoms with E-state index in [2.05, 4.69) is 20.3 Å². The summed E-state index contributed by atoms with van der Waals surface area (Å²) in [5, 5.41) is 4.18. The van der Waals surface area contributed by atoms with Gasteiger partial charge < -0.3 is 5.32 Å². The molecule has 0 unspecified atom stereocenters. The van der Waals surface area contributed by atoms with Crippen molar-refractivity contribution in [3.05, 3.63) is 77.7 Å². The van der Waals surface area contributed by atoms with Gasteiger partial charge in [-0.05, 0) is 36.4 Å². The van der Waals surface area contributed by atoms with E-state index >= 15 is 0 Å². The molecular weight excluding hydrogens is 389 g/mol. The highest BCUT2D eigenvalue weighted by Crippen LogP contribution is 2.34. The van der Waals surface area contributed by atoms with Crippen LogP contribution in [0.1, 0.15) is 5.56 Å². The van der Waals surface area contributed by atoms with Crippen LogP contribution < -0.4 is 5.32 Å². The molecule has 0 aliphatic heterocycles. The predicted molar refractivity (Wildman–Crippen MR) is 103 cm³/mol. The van der Waals surface area contributed by atoms with Crippen LogP contribution in [0.3, 0.4) is 0 Å². The zero-order chi connectivity index (χ0) is 19.7. The summed E-state index contributed by atoms with van der Waals surface area (Å²) in [5.74, 6) is 0.299. The maximum Gasteiger partial charge on any atom is 0.416 e. The van der Waals surface area contributed by atoms with Gasteiger partial charge in [-0.1, -0.05) is 29.8 Å². The van der Waals surface area contributed by atoms with Crippen LogP contribution >= 0.6 is 11.6 Å². The zero-order valence-corrected chi connectivity index (χ0v) is 15.0. The van der Waals surface area contributed by atoms with Crippen molar-refractivity contribution in [3.63, 3.8) is 0 Å². The van der Waals surface area contributed by atoms with Gasteiger partial charge in [0.25, 0.3) is 0 Å². The molecule has 4 rings (SSSR count). The minimum Gasteiger partial charge on any atom is -0.339 e. The fourth-order valence-corrected chi connectivity index (χ4v) is 3.01. The molecule has 0 saturated carbocycles. The summed E-state index contributed by atoms with van der Waals surface area (Å²) in [6.07, 6.45) is -1.34. The van der Waals surface area contributed by atoms with Gasteiger partial charge in [-0.15, -0.1) is 0 Å². The number of anilines is 2. The molecule has 4 nitrogen and oxygen atoms in total. The number of hydrogen-bond acceptors (Lipinski definition) is 4. The van der Waals surface area contributed by atoms with Crippen LogP contribution in [0.2, 0.25) is 5.02 Å². The predicted octanol–water partition coefficient (Wildman–Crippen LogP) is 6.11. The van der Waals surface area contributed by atoms with E-state index in [1.54, 1.807) is 6.20 Å². The van der Waals surface area contributed by atoms with E-state index in [9.17, 15) is 13.2 Å². The fraction of sp³-hybridized carbons (Fsp3) is 0.0500. The van der Waals surface area contributed by atoms with E-state index in [1.165, 1.54) is 18.5 Å². The first-order chi connectivity index (χ1) is 13.4. The average Bonchev–Trinajstić information content (AvgIpc) is 2.69. The maximum atomic E-state index is 12.7. The molecule has 8 heteroatoms. The number of halogens is 4. The molecule has 28 heavy (non-hydrogen) atoms. The normalized spacial score (nSPS) is 11.6. The molecule has 0 saturated heterocycles. The average molecular weight is 401 g/mol. The zero-order valence-electron chi connectivity index (χ0n) is 14.2. The summed E-state index contributed by atoms with van der Waals surface area (Å²) in [4.78, 5) is 12.7. The van der Waals surface area contributed by atoms with Crippen molar-refractivity contribution >= 4 is 34.0 Å². The summed E-state index contributed by atoms with van der Waals surface area (Å²) in [7, 11) is 0. The lowest BCUT2D eigenvalue weighted by atomic mass is 10.1. The lowest BCUT2D eigenvalue weighted by Crippen LogP contribution is -2.04. The molecule has 4 aromatic rings. The molecule has 0 spiro atoms. The monoisotopic (exact) mass is 400 g/mol. The Balaban J connectivity index is 1.66. The van der Waals surface area contributed by atoms with E-state index in [0.717, 1.165) is 28.6 Å². The third kappa shape index (κ3) is 3.61. The fourth-order valence-electron chi connectivity index (χ4n) is 2.75. The highest BCUT2D eigenvalue weighted by molar-refractivity contribution is 6.35. The molecule has 0 bridgehead atoms. The Morgan fingerprint density at radius 3 is 2.43 bits per heavy atom. The minimum absolute atomic E-state index is 0.262. The number of hydrogen-bond donors (Lipinski definition) is 1. The van der Waals surface area contributed by atoms with Gasteiger partial charge >= 0.3 is 6.18 Å². The van der Waals surface area contributed by atoms with Gasteiger partial charge in [0.1, 0.15) is 11.3 Å². The Morgan fingerprint density at radius 2 is 1.68 bits per heavy atom. The second-order valence-corrected chi connectivity index (χ2v) is 6.37. The van der Waals surface area contributed by atoms with Crippen LogP contribution in [0, 0.1) is 0 Å². The van der Waals surface area contributed by atoms with E-state index in [-0.39, 0.29) is 5.02 Å². The minimum atomic E-state index is -4.39. The van der Waals surface area contributed by atoms with Gasteiger partial charge in [0.15, 0.2) is 5.82 Å². The van der Waals surface area contributed by atoms with Crippen LogP contribution in [0.5, 0.6) is 0 Å². The number of aromatic nitrogens is 3. The van der Waals surface area contributed by atoms with Crippen molar-refractivity contribution in [2.45, 2.75) is 6.18 Å². The first-order valence-corrected chi connectivity index (χ1v) is 8.59. The maximum absolute atomic E-state index is 12.7. The number of benzene rings is 2. The van der Waals surface area contributed by atoms with E-state index in [4.69, 9.17) is 11.6 Å². The second-order valence-electron chi connectivity index (χ2n) is 6.00. The Morgan fingerprint density at radius 1 is 0.893 bits per heavy atom. The molecule has 2 aromatic heterocycles. The summed E-state index contributed by atoms with van der Waals surface area (Å²) in [6.45, 7) is 0. The number of alkyl halides is 3. The standard InChI is InChI=1S/C20H12ClF3N4/c21-17-18(13-4-3-12-2-1-9-25-16(12)10-13)26-11-27-19(17)28-15-7-5-14(6-8-15)20(22,23)24/h1-11H,(H,26,27,28). The van der Waals surface area contributed by atoms with Crippen molar-refractivity contribution in [1.82, 2.24) is 15.0 Å². The third-order valence-electron chi connectivity index (χ3n) is 4.14. The van der Waals surface area contributed by atoms with Crippen LogP contribution in [0.15, 0.2) is 67.1 Å². The Hall–Kier alpha value is -3.19. The van der Waals surface area contributed by atoms with Gasteiger partial charge in [-0.3, -0.25) is 4.98 Å². The van der Waals surface area contributed by atoms with Crippen molar-refractivity contribution in [1.29, 1.82) is 0 Å². The molecule has 2 heterocycles. The molecule has 2 aromatic carbocycles. The summed E-state index contributed by atoms with van der Waals surface area (Å²) < 4.78 is 38.1. The summed E-state index contributed by atoms with van der Waals surface area (Å²) in [6, 6.07) is 14.1. The number of pyridine rings is 1. The lowest BCUT2D eigenvalue weighted by molar-refractivity contribution is -0.137. The van der Waals surface area contributed by atoms with Crippen molar-refractivity contribution in [3.8, 4) is 11.3 Å². The second kappa shape index (κ2) is 7.09. The molecule has 0 amide bonds. The molecule has 1 N–H and O–H groups in total. The first-order valence-electron chi connectivity index (χ1n) is 8.22. The van der Waals surface area contributed by atoms with Gasteiger partial charge in [0.2, 0.25) is 0 Å². The molecule has 0 fully saturated rings. The van der Waals surface area contributed by atoms with Crippen LogP contribution in [-0.2, 0) is 6.18 Å². The smallest absolute Gasteiger partial charge is 0.339 e. The third-order valence-corrected chi connectivity index (χ3v) is 4.50. The number of nitrogens with zero attached hydrogens (tertiary/aromatic N) is 3. The molecule has 0 aliphatic carbocycles.